The van der Waals surface area contributed by atoms with Crippen LogP contribution in [0.1, 0.15) is 27.7 Å². The molecule has 124 valence electrons. The molecular formula is C16H25FN2O3. The van der Waals surface area contributed by atoms with E-state index in [4.69, 9.17) is 4.74 Å². The lowest BCUT2D eigenvalue weighted by Crippen LogP contribution is -2.45. The van der Waals surface area contributed by atoms with Crippen molar-refractivity contribution in [2.24, 2.45) is 5.41 Å². The summed E-state index contributed by atoms with van der Waals surface area (Å²) >= 11 is 0. The largest absolute Gasteiger partial charge is 0.486 e. The Kier molecular flexibility index (Phi) is 6.61. The monoisotopic (exact) mass is 312 g/mol. The minimum Gasteiger partial charge on any atom is -0.486 e. The number of nitrogens with one attached hydrogen (secondary N) is 2. The first-order valence-corrected chi connectivity index (χ1v) is 7.31. The molecule has 0 fully saturated rings. The zero-order valence-electron chi connectivity index (χ0n) is 13.5. The van der Waals surface area contributed by atoms with Gasteiger partial charge < -0.3 is 20.5 Å². The maximum atomic E-state index is 13.4. The number of urea groups is 1. The van der Waals surface area contributed by atoms with Crippen LogP contribution < -0.4 is 15.4 Å². The van der Waals surface area contributed by atoms with E-state index in [-0.39, 0.29) is 30.4 Å². The lowest BCUT2D eigenvalue weighted by molar-refractivity contribution is 0.0649. The number of ether oxygens (including phenoxy) is 1. The lowest BCUT2D eigenvalue weighted by atomic mass is 9.89. The molecule has 1 aromatic rings. The number of rotatable bonds is 6. The molecule has 0 bridgehead atoms. The third-order valence-electron chi connectivity index (χ3n) is 3.17. The van der Waals surface area contributed by atoms with Crippen molar-refractivity contribution in [2.75, 3.05) is 13.1 Å². The zero-order valence-corrected chi connectivity index (χ0v) is 13.5. The normalized spacial score (nSPS) is 14.1. The highest BCUT2D eigenvalue weighted by Gasteiger charge is 2.22. The van der Waals surface area contributed by atoms with Crippen LogP contribution in [0.2, 0.25) is 0 Å². The number of halogens is 1. The number of aliphatic hydroxyl groups excluding tert-OH is 1. The molecule has 2 amide bonds. The number of benzene rings is 1. The Morgan fingerprint density at radius 3 is 2.45 bits per heavy atom. The minimum atomic E-state index is -0.634. The predicted molar refractivity (Wildman–Crippen MR) is 83.4 cm³/mol. The molecule has 1 rings (SSSR count). The summed E-state index contributed by atoms with van der Waals surface area (Å²) in [7, 11) is 0. The number of carbonyl (C=O) groups excluding carboxylic acids is 1. The molecule has 2 unspecified atom stereocenters. The summed E-state index contributed by atoms with van der Waals surface area (Å²) in [4.78, 5) is 11.6. The van der Waals surface area contributed by atoms with Crippen molar-refractivity contribution in [1.82, 2.24) is 10.6 Å². The Hall–Kier alpha value is -1.82. The molecule has 5 nitrogen and oxygen atoms in total. The second-order valence-electron chi connectivity index (χ2n) is 6.33. The molecule has 6 heteroatoms. The number of hydrogen-bond donors (Lipinski definition) is 3. The maximum absolute atomic E-state index is 13.4. The summed E-state index contributed by atoms with van der Waals surface area (Å²) in [6.45, 7) is 7.80. The van der Waals surface area contributed by atoms with E-state index < -0.39 is 18.0 Å². The second kappa shape index (κ2) is 7.98. The average molecular weight is 312 g/mol. The molecule has 0 saturated heterocycles. The van der Waals surface area contributed by atoms with Gasteiger partial charge >= 0.3 is 6.03 Å². The van der Waals surface area contributed by atoms with E-state index in [0.29, 0.717) is 0 Å². The number of hydrogen-bond acceptors (Lipinski definition) is 3. The molecule has 2 atom stereocenters. The first-order valence-electron chi connectivity index (χ1n) is 7.31. The number of para-hydroxylation sites is 1. The van der Waals surface area contributed by atoms with Crippen LogP contribution in [0.15, 0.2) is 24.3 Å². The second-order valence-corrected chi connectivity index (χ2v) is 6.33. The number of carbonyl (C=O) groups is 1. The van der Waals surface area contributed by atoms with Crippen LogP contribution >= 0.6 is 0 Å². The number of amides is 2. The van der Waals surface area contributed by atoms with Crippen LogP contribution in [0.4, 0.5) is 9.18 Å². The third-order valence-corrected chi connectivity index (χ3v) is 3.17. The molecule has 0 spiro atoms. The van der Waals surface area contributed by atoms with Gasteiger partial charge in [0.25, 0.3) is 0 Å². The van der Waals surface area contributed by atoms with Crippen molar-refractivity contribution in [3.05, 3.63) is 30.1 Å². The predicted octanol–water partition coefficient (Wildman–Crippen LogP) is 2.30. The van der Waals surface area contributed by atoms with Crippen LogP contribution in [0.5, 0.6) is 5.75 Å². The van der Waals surface area contributed by atoms with Crippen LogP contribution in [-0.4, -0.2) is 36.4 Å². The third kappa shape index (κ3) is 6.30. The highest BCUT2D eigenvalue weighted by atomic mass is 19.1. The Bertz CT molecular complexity index is 489. The standard InChI is InChI=1S/C16H25FN2O3/c1-11(22-13-8-6-5-7-12(13)17)9-18-15(21)19-10-14(20)16(2,3)4/h5-8,11,14,20H,9-10H2,1-4H3,(H2,18,19,21). The van der Waals surface area contributed by atoms with E-state index >= 15 is 0 Å². The Morgan fingerprint density at radius 2 is 1.86 bits per heavy atom. The molecule has 0 saturated carbocycles. The highest BCUT2D eigenvalue weighted by molar-refractivity contribution is 5.73. The van der Waals surface area contributed by atoms with Gasteiger partial charge in [-0.25, -0.2) is 9.18 Å². The van der Waals surface area contributed by atoms with Crippen LogP contribution in [0.25, 0.3) is 0 Å². The quantitative estimate of drug-likeness (QED) is 0.755. The molecule has 0 heterocycles. The van der Waals surface area contributed by atoms with Crippen LogP contribution in [0, 0.1) is 11.2 Å². The van der Waals surface area contributed by atoms with Gasteiger partial charge in [0.1, 0.15) is 6.10 Å². The zero-order chi connectivity index (χ0) is 16.8. The molecule has 22 heavy (non-hydrogen) atoms. The average Bonchev–Trinajstić information content (AvgIpc) is 2.44. The fraction of sp³-hybridized carbons (Fsp3) is 0.562. The van der Waals surface area contributed by atoms with E-state index in [1.807, 2.05) is 20.8 Å². The van der Waals surface area contributed by atoms with Gasteiger partial charge in [-0.2, -0.15) is 0 Å². The Morgan fingerprint density at radius 1 is 1.27 bits per heavy atom. The lowest BCUT2D eigenvalue weighted by Gasteiger charge is -2.26. The van der Waals surface area contributed by atoms with Gasteiger partial charge in [-0.1, -0.05) is 32.9 Å². The number of aliphatic hydroxyl groups is 1. The van der Waals surface area contributed by atoms with E-state index in [0.717, 1.165) is 0 Å². The molecule has 3 N–H and O–H groups in total. The SMILES string of the molecule is CC(CNC(=O)NCC(O)C(C)(C)C)Oc1ccccc1F. The van der Waals surface area contributed by atoms with Crippen molar-refractivity contribution < 1.29 is 19.0 Å². The topological polar surface area (TPSA) is 70.6 Å². The fourth-order valence-corrected chi connectivity index (χ4v) is 1.59. The van der Waals surface area contributed by atoms with Gasteiger partial charge in [-0.15, -0.1) is 0 Å². The first-order chi connectivity index (χ1) is 10.2. The molecule has 0 aliphatic heterocycles. The summed E-state index contributed by atoms with van der Waals surface area (Å²) < 4.78 is 18.8. The molecule has 1 aromatic carbocycles. The van der Waals surface area contributed by atoms with Gasteiger partial charge in [-0.05, 0) is 24.5 Å². The van der Waals surface area contributed by atoms with Gasteiger partial charge in [0.15, 0.2) is 11.6 Å². The van der Waals surface area contributed by atoms with E-state index in [9.17, 15) is 14.3 Å². The molecule has 0 aliphatic rings. The molecule has 0 aliphatic carbocycles. The molecular weight excluding hydrogens is 287 g/mol. The summed E-state index contributed by atoms with van der Waals surface area (Å²) in [6.07, 6.45) is -1.01. The van der Waals surface area contributed by atoms with E-state index in [2.05, 4.69) is 10.6 Å². The van der Waals surface area contributed by atoms with Crippen molar-refractivity contribution >= 4 is 6.03 Å². The summed E-state index contributed by atoms with van der Waals surface area (Å²) in [5, 5.41) is 15.0. The molecule has 0 aromatic heterocycles. The van der Waals surface area contributed by atoms with Crippen LogP contribution in [-0.2, 0) is 0 Å². The summed E-state index contributed by atoms with van der Waals surface area (Å²) in [5.41, 5.74) is -0.297. The smallest absolute Gasteiger partial charge is 0.315 e. The Labute approximate surface area is 130 Å². The summed E-state index contributed by atoms with van der Waals surface area (Å²) in [6, 6.07) is 5.71. The minimum absolute atomic E-state index is 0.153. The van der Waals surface area contributed by atoms with Crippen molar-refractivity contribution in [3.63, 3.8) is 0 Å². The molecule has 0 radical (unpaired) electrons. The Balaban J connectivity index is 2.31. The first kappa shape index (κ1) is 18.2. The van der Waals surface area contributed by atoms with Crippen molar-refractivity contribution in [3.8, 4) is 5.75 Å². The van der Waals surface area contributed by atoms with Gasteiger partial charge in [-0.3, -0.25) is 0 Å². The van der Waals surface area contributed by atoms with E-state index in [1.54, 1.807) is 19.1 Å². The van der Waals surface area contributed by atoms with Crippen molar-refractivity contribution in [1.29, 1.82) is 0 Å². The van der Waals surface area contributed by atoms with Crippen LogP contribution in [0.3, 0.4) is 0 Å². The maximum Gasteiger partial charge on any atom is 0.315 e. The van der Waals surface area contributed by atoms with Crippen molar-refractivity contribution in [2.45, 2.75) is 39.9 Å². The van der Waals surface area contributed by atoms with Gasteiger partial charge in [0.2, 0.25) is 0 Å². The fourth-order valence-electron chi connectivity index (χ4n) is 1.59. The summed E-state index contributed by atoms with van der Waals surface area (Å²) in [5.74, 6) is -0.285. The van der Waals surface area contributed by atoms with E-state index in [1.165, 1.54) is 12.1 Å². The van der Waals surface area contributed by atoms with Gasteiger partial charge in [0.05, 0.1) is 12.6 Å². The highest BCUT2D eigenvalue weighted by Crippen LogP contribution is 2.18. The van der Waals surface area contributed by atoms with Gasteiger partial charge in [0, 0.05) is 6.54 Å².